The first-order valence-corrected chi connectivity index (χ1v) is 6.76. The number of nitrogens with one attached hydrogen (secondary N) is 1. The first-order valence-electron chi connectivity index (χ1n) is 6.38. The fourth-order valence-electron chi connectivity index (χ4n) is 1.69. The standard InChI is InChI=1S/C15H18ClNO3/c1-3-9-17-13(10-14(18)20-4-2)15(19)11-5-7-12(16)8-6-11/h3,5-8,13,17H,1,4,9-10H2,2H3. The summed E-state index contributed by atoms with van der Waals surface area (Å²) in [6.45, 7) is 6.04. The summed E-state index contributed by atoms with van der Waals surface area (Å²) < 4.78 is 4.88. The number of hydrogen-bond donors (Lipinski definition) is 1. The van der Waals surface area contributed by atoms with E-state index >= 15 is 0 Å². The van der Waals surface area contributed by atoms with Gasteiger partial charge in [-0.1, -0.05) is 17.7 Å². The van der Waals surface area contributed by atoms with Crippen LogP contribution in [0.2, 0.25) is 5.02 Å². The Labute approximate surface area is 123 Å². The number of benzene rings is 1. The molecule has 1 N–H and O–H groups in total. The molecule has 0 aliphatic heterocycles. The fraction of sp³-hybridized carbons (Fsp3) is 0.333. The van der Waals surface area contributed by atoms with Gasteiger partial charge in [0, 0.05) is 17.1 Å². The van der Waals surface area contributed by atoms with Crippen molar-refractivity contribution in [1.82, 2.24) is 5.32 Å². The van der Waals surface area contributed by atoms with E-state index in [4.69, 9.17) is 16.3 Å². The molecule has 1 aromatic rings. The molecule has 0 aromatic heterocycles. The van der Waals surface area contributed by atoms with Gasteiger partial charge in [-0.2, -0.15) is 0 Å². The van der Waals surface area contributed by atoms with E-state index in [1.165, 1.54) is 0 Å². The predicted molar refractivity (Wildman–Crippen MR) is 79.0 cm³/mol. The second kappa shape index (κ2) is 8.51. The highest BCUT2D eigenvalue weighted by molar-refractivity contribution is 6.30. The van der Waals surface area contributed by atoms with Gasteiger partial charge in [0.15, 0.2) is 5.78 Å². The van der Waals surface area contributed by atoms with Crippen LogP contribution >= 0.6 is 11.6 Å². The summed E-state index contributed by atoms with van der Waals surface area (Å²) in [5.74, 6) is -0.576. The number of Topliss-reactive ketones (excluding diaryl/α,β-unsaturated/α-hetero) is 1. The molecule has 1 unspecified atom stereocenters. The molecule has 108 valence electrons. The van der Waals surface area contributed by atoms with Crippen LogP contribution in [0.1, 0.15) is 23.7 Å². The number of carbonyl (C=O) groups is 2. The Morgan fingerprint density at radius 3 is 2.60 bits per heavy atom. The zero-order chi connectivity index (χ0) is 15.0. The van der Waals surface area contributed by atoms with E-state index in [-0.39, 0.29) is 12.2 Å². The third-order valence-corrected chi connectivity index (χ3v) is 2.88. The molecule has 0 aliphatic rings. The fourth-order valence-corrected chi connectivity index (χ4v) is 1.81. The lowest BCUT2D eigenvalue weighted by atomic mass is 10.0. The lowest BCUT2D eigenvalue weighted by molar-refractivity contribution is -0.143. The maximum Gasteiger partial charge on any atom is 0.307 e. The van der Waals surface area contributed by atoms with Crippen LogP contribution in [-0.4, -0.2) is 30.9 Å². The first-order chi connectivity index (χ1) is 9.58. The van der Waals surface area contributed by atoms with Crippen molar-refractivity contribution in [2.75, 3.05) is 13.2 Å². The molecule has 0 spiro atoms. The number of rotatable bonds is 8. The Balaban J connectivity index is 2.80. The van der Waals surface area contributed by atoms with Crippen molar-refractivity contribution in [3.05, 3.63) is 47.5 Å². The van der Waals surface area contributed by atoms with E-state index in [1.807, 2.05) is 0 Å². The molecule has 0 radical (unpaired) electrons. The van der Waals surface area contributed by atoms with Crippen molar-refractivity contribution in [3.8, 4) is 0 Å². The maximum atomic E-state index is 12.4. The van der Waals surface area contributed by atoms with E-state index in [9.17, 15) is 9.59 Å². The van der Waals surface area contributed by atoms with Crippen LogP contribution in [0.15, 0.2) is 36.9 Å². The average molecular weight is 296 g/mol. The molecule has 1 rings (SSSR count). The molecular formula is C15H18ClNO3. The molecule has 0 saturated heterocycles. The Bertz CT molecular complexity index is 471. The molecule has 4 nitrogen and oxygen atoms in total. The van der Waals surface area contributed by atoms with Crippen LogP contribution in [0.4, 0.5) is 0 Å². The van der Waals surface area contributed by atoms with Crippen molar-refractivity contribution >= 4 is 23.4 Å². The van der Waals surface area contributed by atoms with Gasteiger partial charge < -0.3 is 10.1 Å². The van der Waals surface area contributed by atoms with Gasteiger partial charge in [-0.25, -0.2) is 0 Å². The third-order valence-electron chi connectivity index (χ3n) is 2.63. The molecule has 0 heterocycles. The van der Waals surface area contributed by atoms with Gasteiger partial charge in [0.2, 0.25) is 0 Å². The second-order valence-electron chi connectivity index (χ2n) is 4.13. The Kier molecular flexibility index (Phi) is 6.98. The van der Waals surface area contributed by atoms with Gasteiger partial charge in [-0.05, 0) is 31.2 Å². The molecule has 0 aliphatic carbocycles. The Hall–Kier alpha value is -1.65. The van der Waals surface area contributed by atoms with Crippen molar-refractivity contribution < 1.29 is 14.3 Å². The maximum absolute atomic E-state index is 12.4. The van der Waals surface area contributed by atoms with E-state index < -0.39 is 12.0 Å². The molecule has 0 bridgehead atoms. The van der Waals surface area contributed by atoms with Gasteiger partial charge >= 0.3 is 5.97 Å². The SMILES string of the molecule is C=CCNC(CC(=O)OCC)C(=O)c1ccc(Cl)cc1. The molecule has 1 aromatic carbocycles. The summed E-state index contributed by atoms with van der Waals surface area (Å²) in [5, 5.41) is 3.53. The average Bonchev–Trinajstić information content (AvgIpc) is 2.44. The quantitative estimate of drug-likeness (QED) is 0.455. The smallest absolute Gasteiger partial charge is 0.307 e. The van der Waals surface area contributed by atoms with Crippen LogP contribution < -0.4 is 5.32 Å². The Morgan fingerprint density at radius 2 is 2.05 bits per heavy atom. The molecule has 20 heavy (non-hydrogen) atoms. The molecule has 5 heteroatoms. The van der Waals surface area contributed by atoms with Crippen LogP contribution in [-0.2, 0) is 9.53 Å². The molecule has 0 amide bonds. The number of ether oxygens (including phenoxy) is 1. The van der Waals surface area contributed by atoms with Gasteiger partial charge in [0.1, 0.15) is 0 Å². The van der Waals surface area contributed by atoms with Crippen molar-refractivity contribution in [2.24, 2.45) is 0 Å². The summed E-state index contributed by atoms with van der Waals surface area (Å²) in [5.41, 5.74) is 0.500. The van der Waals surface area contributed by atoms with Gasteiger partial charge in [0.05, 0.1) is 19.1 Å². The lowest BCUT2D eigenvalue weighted by Gasteiger charge is -2.16. The summed E-state index contributed by atoms with van der Waals surface area (Å²) in [7, 11) is 0. The van der Waals surface area contributed by atoms with Crippen molar-refractivity contribution in [1.29, 1.82) is 0 Å². The van der Waals surface area contributed by atoms with Gasteiger partial charge in [-0.3, -0.25) is 9.59 Å². The summed E-state index contributed by atoms with van der Waals surface area (Å²) in [6.07, 6.45) is 1.62. The number of carbonyl (C=O) groups excluding carboxylic acids is 2. The minimum Gasteiger partial charge on any atom is -0.466 e. The van der Waals surface area contributed by atoms with Crippen LogP contribution in [0.25, 0.3) is 0 Å². The summed E-state index contributed by atoms with van der Waals surface area (Å²) in [4.78, 5) is 23.9. The van der Waals surface area contributed by atoms with Crippen LogP contribution in [0.5, 0.6) is 0 Å². The number of hydrogen-bond acceptors (Lipinski definition) is 4. The van der Waals surface area contributed by atoms with Crippen molar-refractivity contribution in [2.45, 2.75) is 19.4 Å². The molecular weight excluding hydrogens is 278 g/mol. The zero-order valence-electron chi connectivity index (χ0n) is 11.4. The topological polar surface area (TPSA) is 55.4 Å². The van der Waals surface area contributed by atoms with Gasteiger partial charge in [0.25, 0.3) is 0 Å². The normalized spacial score (nSPS) is 11.7. The van der Waals surface area contributed by atoms with Gasteiger partial charge in [-0.15, -0.1) is 6.58 Å². The minimum absolute atomic E-state index is 0.0108. The summed E-state index contributed by atoms with van der Waals surface area (Å²) in [6, 6.07) is 5.93. The molecule has 0 saturated carbocycles. The molecule has 0 fully saturated rings. The second-order valence-corrected chi connectivity index (χ2v) is 4.57. The number of ketones is 1. The largest absolute Gasteiger partial charge is 0.466 e. The number of esters is 1. The van der Waals surface area contributed by atoms with Crippen molar-refractivity contribution in [3.63, 3.8) is 0 Å². The highest BCUT2D eigenvalue weighted by Gasteiger charge is 2.22. The highest BCUT2D eigenvalue weighted by Crippen LogP contribution is 2.12. The van der Waals surface area contributed by atoms with E-state index in [2.05, 4.69) is 11.9 Å². The lowest BCUT2D eigenvalue weighted by Crippen LogP contribution is -2.39. The molecule has 1 atom stereocenters. The van der Waals surface area contributed by atoms with Crippen LogP contribution in [0.3, 0.4) is 0 Å². The van der Waals surface area contributed by atoms with E-state index in [1.54, 1.807) is 37.3 Å². The van der Waals surface area contributed by atoms with E-state index in [0.29, 0.717) is 23.7 Å². The zero-order valence-corrected chi connectivity index (χ0v) is 12.2. The predicted octanol–water partition coefficient (Wildman–Crippen LogP) is 2.62. The minimum atomic E-state index is -0.631. The van der Waals surface area contributed by atoms with Crippen LogP contribution in [0, 0.1) is 0 Å². The summed E-state index contributed by atoms with van der Waals surface area (Å²) >= 11 is 5.79. The highest BCUT2D eigenvalue weighted by atomic mass is 35.5. The van der Waals surface area contributed by atoms with E-state index in [0.717, 1.165) is 0 Å². The first kappa shape index (κ1) is 16.4. The number of halogens is 1. The monoisotopic (exact) mass is 295 g/mol. The Morgan fingerprint density at radius 1 is 1.40 bits per heavy atom. The third kappa shape index (κ3) is 5.15.